The molecule has 1 N–H and O–H groups in total. The molecule has 2 heterocycles. The number of hydrogen-bond donors (Lipinski definition) is 1. The van der Waals surface area contributed by atoms with Gasteiger partial charge in [-0.15, -0.1) is 0 Å². The van der Waals surface area contributed by atoms with E-state index >= 15 is 0 Å². The largest absolute Gasteiger partial charge is 0.497 e. The Bertz CT molecular complexity index is 1400. The number of carbonyl (C=O) groups is 1. The van der Waals surface area contributed by atoms with Gasteiger partial charge in [0.05, 0.1) is 24.2 Å². The molecule has 0 fully saturated rings. The minimum atomic E-state index is -0.353. The predicted molar refractivity (Wildman–Crippen MR) is 125 cm³/mol. The summed E-state index contributed by atoms with van der Waals surface area (Å²) in [4.78, 5) is 18.4. The predicted octanol–water partition coefficient (Wildman–Crippen LogP) is 5.60. The quantitative estimate of drug-likeness (QED) is 0.452. The first kappa shape index (κ1) is 19.7. The molecule has 1 aliphatic carbocycles. The molecule has 0 amide bonds. The maximum absolute atomic E-state index is 13.7. The molecular weight excluding hydrogens is 417 g/mol. The van der Waals surface area contributed by atoms with Crippen LogP contribution in [0.5, 0.6) is 5.75 Å². The topological polar surface area (TPSA) is 56.1 Å². The highest BCUT2D eigenvalue weighted by atomic mass is 19.1. The van der Waals surface area contributed by atoms with E-state index in [1.165, 1.54) is 12.1 Å². The third-order valence-corrected chi connectivity index (χ3v) is 6.67. The summed E-state index contributed by atoms with van der Waals surface area (Å²) in [5.74, 6) is 1.36. The average Bonchev–Trinajstić information content (AvgIpc) is 3.21. The summed E-state index contributed by atoms with van der Waals surface area (Å²) in [6.45, 7) is 0. The van der Waals surface area contributed by atoms with Crippen LogP contribution >= 0.6 is 0 Å². The summed E-state index contributed by atoms with van der Waals surface area (Å²) >= 11 is 0. The molecule has 0 radical (unpaired) electrons. The zero-order chi connectivity index (χ0) is 22.5. The Kier molecular flexibility index (Phi) is 4.54. The zero-order valence-electron chi connectivity index (χ0n) is 18.1. The Labute approximate surface area is 190 Å². The first-order valence-electron chi connectivity index (χ1n) is 11.0. The molecule has 3 aromatic carbocycles. The van der Waals surface area contributed by atoms with E-state index in [-0.39, 0.29) is 23.6 Å². The molecule has 2 aliphatic rings. The smallest absolute Gasteiger partial charge is 0.209 e. The fourth-order valence-corrected chi connectivity index (χ4v) is 5.10. The van der Waals surface area contributed by atoms with E-state index in [4.69, 9.17) is 9.72 Å². The molecule has 5 nitrogen and oxygen atoms in total. The van der Waals surface area contributed by atoms with Crippen LogP contribution in [-0.2, 0) is 4.79 Å². The number of anilines is 1. The minimum absolute atomic E-state index is 0.0689. The summed E-state index contributed by atoms with van der Waals surface area (Å²) < 4.78 is 21.1. The number of rotatable bonds is 3. The van der Waals surface area contributed by atoms with Gasteiger partial charge in [0.2, 0.25) is 5.95 Å². The number of nitrogens with one attached hydrogen (secondary N) is 1. The van der Waals surface area contributed by atoms with Crippen molar-refractivity contribution in [1.29, 1.82) is 0 Å². The van der Waals surface area contributed by atoms with E-state index in [1.807, 2.05) is 48.5 Å². The van der Waals surface area contributed by atoms with Gasteiger partial charge in [-0.05, 0) is 59.9 Å². The molecule has 2 atom stereocenters. The second-order valence-corrected chi connectivity index (χ2v) is 8.57. The van der Waals surface area contributed by atoms with Crippen molar-refractivity contribution in [3.05, 3.63) is 101 Å². The van der Waals surface area contributed by atoms with Crippen molar-refractivity contribution < 1.29 is 13.9 Å². The van der Waals surface area contributed by atoms with Crippen molar-refractivity contribution in [2.75, 3.05) is 12.4 Å². The van der Waals surface area contributed by atoms with Crippen LogP contribution in [-0.4, -0.2) is 22.4 Å². The molecule has 6 rings (SSSR count). The normalized spacial score (nSPS) is 19.8. The molecule has 33 heavy (non-hydrogen) atoms. The van der Waals surface area contributed by atoms with Gasteiger partial charge in [-0.25, -0.2) is 9.37 Å². The van der Waals surface area contributed by atoms with Crippen LogP contribution < -0.4 is 10.1 Å². The lowest BCUT2D eigenvalue weighted by molar-refractivity contribution is -0.116. The first-order chi connectivity index (χ1) is 16.1. The Morgan fingerprint density at radius 1 is 0.970 bits per heavy atom. The second kappa shape index (κ2) is 7.59. The van der Waals surface area contributed by atoms with Crippen molar-refractivity contribution in [1.82, 2.24) is 9.55 Å². The lowest BCUT2D eigenvalue weighted by Crippen LogP contribution is -2.33. The highest BCUT2D eigenvalue weighted by Gasteiger charge is 2.39. The van der Waals surface area contributed by atoms with Crippen LogP contribution in [0.25, 0.3) is 11.0 Å². The van der Waals surface area contributed by atoms with Gasteiger partial charge in [0, 0.05) is 17.7 Å². The fourth-order valence-electron chi connectivity index (χ4n) is 5.10. The maximum Gasteiger partial charge on any atom is 0.209 e. The number of allylic oxidation sites excluding steroid dienone is 2. The SMILES string of the molecule is COc1ccc([C@@H]2CC(=O)C3=C(C2)Nc2nc4ccccc4n2[C@@H]3c2ccc(F)cc2)cc1. The van der Waals surface area contributed by atoms with E-state index in [1.54, 1.807) is 19.2 Å². The summed E-state index contributed by atoms with van der Waals surface area (Å²) in [6, 6.07) is 21.9. The molecule has 1 aromatic heterocycles. The molecule has 0 unspecified atom stereocenters. The van der Waals surface area contributed by atoms with Crippen molar-refractivity contribution in [2.45, 2.75) is 24.8 Å². The number of imidazole rings is 1. The third kappa shape index (κ3) is 3.21. The van der Waals surface area contributed by atoms with Gasteiger partial charge in [0.15, 0.2) is 5.78 Å². The zero-order valence-corrected chi connectivity index (χ0v) is 18.1. The summed E-state index contributed by atoms with van der Waals surface area (Å²) in [5.41, 5.74) is 5.39. The van der Waals surface area contributed by atoms with Gasteiger partial charge in [-0.1, -0.05) is 36.4 Å². The molecule has 164 valence electrons. The number of nitrogens with zero attached hydrogens (tertiary/aromatic N) is 2. The Morgan fingerprint density at radius 3 is 2.45 bits per heavy atom. The van der Waals surface area contributed by atoms with E-state index in [0.717, 1.165) is 39.2 Å². The number of benzene rings is 3. The summed E-state index contributed by atoms with van der Waals surface area (Å²) in [7, 11) is 1.64. The highest BCUT2D eigenvalue weighted by Crippen LogP contribution is 2.46. The van der Waals surface area contributed by atoms with Gasteiger partial charge in [0.25, 0.3) is 0 Å². The lowest BCUT2D eigenvalue weighted by Gasteiger charge is -2.36. The second-order valence-electron chi connectivity index (χ2n) is 8.57. The van der Waals surface area contributed by atoms with Crippen LogP contribution in [0.15, 0.2) is 84.1 Å². The molecule has 0 spiro atoms. The standard InChI is InChI=1S/C27H22FN3O2/c1-33-20-12-8-16(9-13-20)18-14-22-25(24(32)15-18)26(17-6-10-19(28)11-7-17)31-23-5-3-2-4-21(23)29-27(31)30-22/h2-13,18,26H,14-15H2,1H3,(H,29,30)/t18-,26+/m0/s1. The van der Waals surface area contributed by atoms with Crippen molar-refractivity contribution in [3.8, 4) is 5.75 Å². The molecule has 1 aliphatic heterocycles. The van der Waals surface area contributed by atoms with Gasteiger partial charge < -0.3 is 10.1 Å². The van der Waals surface area contributed by atoms with E-state index < -0.39 is 0 Å². The number of hydrogen-bond acceptors (Lipinski definition) is 4. The highest BCUT2D eigenvalue weighted by molar-refractivity contribution is 6.01. The van der Waals surface area contributed by atoms with E-state index in [9.17, 15) is 9.18 Å². The third-order valence-electron chi connectivity index (χ3n) is 6.67. The van der Waals surface area contributed by atoms with Crippen LogP contribution in [0.2, 0.25) is 0 Å². The Morgan fingerprint density at radius 2 is 1.70 bits per heavy atom. The number of methoxy groups -OCH3 is 1. The van der Waals surface area contributed by atoms with Gasteiger partial charge in [-0.3, -0.25) is 9.36 Å². The number of halogens is 1. The minimum Gasteiger partial charge on any atom is -0.497 e. The van der Waals surface area contributed by atoms with Crippen LogP contribution in [0.3, 0.4) is 0 Å². The molecule has 0 saturated carbocycles. The molecule has 6 heteroatoms. The molecular formula is C27H22FN3O2. The number of fused-ring (bicyclic) bond motifs is 3. The van der Waals surface area contributed by atoms with Crippen LogP contribution in [0.4, 0.5) is 10.3 Å². The fraction of sp³-hybridized carbons (Fsp3) is 0.185. The van der Waals surface area contributed by atoms with Gasteiger partial charge in [-0.2, -0.15) is 0 Å². The first-order valence-corrected chi connectivity index (χ1v) is 11.0. The maximum atomic E-state index is 13.7. The summed E-state index contributed by atoms with van der Waals surface area (Å²) in [5, 5.41) is 3.46. The Balaban J connectivity index is 1.48. The van der Waals surface area contributed by atoms with E-state index in [2.05, 4.69) is 9.88 Å². The molecule has 0 bridgehead atoms. The monoisotopic (exact) mass is 439 g/mol. The Hall–Kier alpha value is -3.93. The number of aromatic nitrogens is 2. The van der Waals surface area contributed by atoms with Crippen molar-refractivity contribution in [3.63, 3.8) is 0 Å². The number of ether oxygens (including phenoxy) is 1. The van der Waals surface area contributed by atoms with E-state index in [0.29, 0.717) is 18.8 Å². The van der Waals surface area contributed by atoms with Gasteiger partial charge >= 0.3 is 0 Å². The van der Waals surface area contributed by atoms with Crippen molar-refractivity contribution >= 4 is 22.8 Å². The van der Waals surface area contributed by atoms with Crippen molar-refractivity contribution in [2.24, 2.45) is 0 Å². The van der Waals surface area contributed by atoms with Crippen LogP contribution in [0, 0.1) is 5.82 Å². The number of Topliss-reactive ketones (excluding diaryl/α,β-unsaturated/α-hetero) is 1. The van der Waals surface area contributed by atoms with Gasteiger partial charge in [0.1, 0.15) is 11.6 Å². The molecule has 0 saturated heterocycles. The summed E-state index contributed by atoms with van der Waals surface area (Å²) in [6.07, 6.45) is 1.13. The number of para-hydroxylation sites is 2. The number of carbonyl (C=O) groups excluding carboxylic acids is 1. The van der Waals surface area contributed by atoms with Crippen LogP contribution in [0.1, 0.15) is 35.9 Å². The average molecular weight is 439 g/mol. The molecule has 4 aromatic rings. The number of ketones is 1. The lowest BCUT2D eigenvalue weighted by atomic mass is 9.77.